The molecule has 0 aliphatic carbocycles. The topological polar surface area (TPSA) is 46.2 Å². The normalized spacial score (nSPS) is 10.7. The molecule has 0 aliphatic heterocycles. The number of nitrogens with one attached hydrogen (secondary N) is 1. The second kappa shape index (κ2) is 5.06. The minimum atomic E-state index is -3.39. The Bertz CT molecular complexity index is 476. The summed E-state index contributed by atoms with van der Waals surface area (Å²) in [5, 5.41) is 0. The molecule has 15 heavy (non-hydrogen) atoms. The third-order valence-electron chi connectivity index (χ3n) is 1.69. The number of rotatable bonds is 4. The first kappa shape index (κ1) is 11.9. The van der Waals surface area contributed by atoms with Crippen LogP contribution in [0.15, 0.2) is 24.3 Å². The molecule has 0 unspecified atom stereocenters. The van der Waals surface area contributed by atoms with Gasteiger partial charge in [-0.3, -0.25) is 4.72 Å². The van der Waals surface area contributed by atoms with Gasteiger partial charge >= 0.3 is 0 Å². The van der Waals surface area contributed by atoms with E-state index in [0.717, 1.165) is 0 Å². The van der Waals surface area contributed by atoms with Crippen molar-refractivity contribution in [2.75, 3.05) is 16.4 Å². The van der Waals surface area contributed by atoms with E-state index in [4.69, 9.17) is 18.0 Å². The van der Waals surface area contributed by atoms with Crippen LogP contribution in [0.5, 0.6) is 0 Å². The van der Waals surface area contributed by atoms with Crippen LogP contribution in [-0.4, -0.2) is 20.1 Å². The lowest BCUT2D eigenvalue weighted by Crippen LogP contribution is -2.18. The maximum absolute atomic E-state index is 11.4. The Hall–Kier alpha value is -1.18. The van der Waals surface area contributed by atoms with E-state index in [1.54, 1.807) is 24.3 Å². The fourth-order valence-corrected chi connectivity index (χ4v) is 2.45. The second-order valence-corrected chi connectivity index (χ2v) is 5.02. The average Bonchev–Trinajstić information content (AvgIpc) is 2.17. The molecule has 3 nitrogen and oxygen atoms in total. The highest BCUT2D eigenvalue weighted by Gasteiger charge is 2.10. The molecule has 1 rings (SSSR count). The summed E-state index contributed by atoms with van der Waals surface area (Å²) in [6, 6.07) is 6.73. The molecule has 1 aromatic rings. The smallest absolute Gasteiger partial charge is 0.233 e. The standard InChI is InChI=1S/C10H10ClNO2S/c1-2-9-5-3-4-6-10(9)12-15(13,14)8-7-11/h1,3-6,12H,7-8H2. The zero-order chi connectivity index (χ0) is 11.3. The molecule has 0 saturated carbocycles. The molecule has 0 radical (unpaired) electrons. The van der Waals surface area contributed by atoms with Gasteiger partial charge in [0.25, 0.3) is 0 Å². The first-order chi connectivity index (χ1) is 7.09. The van der Waals surface area contributed by atoms with E-state index in [9.17, 15) is 8.42 Å². The number of para-hydroxylation sites is 1. The molecule has 1 N–H and O–H groups in total. The van der Waals surface area contributed by atoms with Gasteiger partial charge in [0.2, 0.25) is 10.0 Å². The Morgan fingerprint density at radius 2 is 2.07 bits per heavy atom. The molecule has 0 aromatic heterocycles. The van der Waals surface area contributed by atoms with Gasteiger partial charge in [-0.1, -0.05) is 18.1 Å². The molecule has 0 bridgehead atoms. The Labute approximate surface area is 94.5 Å². The van der Waals surface area contributed by atoms with E-state index < -0.39 is 10.0 Å². The number of terminal acetylenes is 1. The van der Waals surface area contributed by atoms with Crippen molar-refractivity contribution in [2.45, 2.75) is 0 Å². The summed E-state index contributed by atoms with van der Waals surface area (Å²) in [4.78, 5) is 0. The lowest BCUT2D eigenvalue weighted by molar-refractivity contribution is 0.602. The lowest BCUT2D eigenvalue weighted by Gasteiger charge is -2.08. The number of halogens is 1. The van der Waals surface area contributed by atoms with Crippen LogP contribution < -0.4 is 4.72 Å². The van der Waals surface area contributed by atoms with Crippen LogP contribution >= 0.6 is 11.6 Å². The van der Waals surface area contributed by atoms with Crippen molar-refractivity contribution < 1.29 is 8.42 Å². The van der Waals surface area contributed by atoms with Gasteiger partial charge in [0.1, 0.15) is 0 Å². The van der Waals surface area contributed by atoms with Crippen LogP contribution in [0.1, 0.15) is 5.56 Å². The molecule has 0 aliphatic rings. The minimum Gasteiger partial charge on any atom is -0.282 e. The van der Waals surface area contributed by atoms with Crippen LogP contribution in [0.3, 0.4) is 0 Å². The molecule has 0 saturated heterocycles. The summed E-state index contributed by atoms with van der Waals surface area (Å²) in [6.45, 7) is 0. The number of hydrogen-bond acceptors (Lipinski definition) is 2. The molecule has 0 spiro atoms. The fourth-order valence-electron chi connectivity index (χ4n) is 1.02. The van der Waals surface area contributed by atoms with Crippen LogP contribution in [0.4, 0.5) is 5.69 Å². The third kappa shape index (κ3) is 3.46. The van der Waals surface area contributed by atoms with Gasteiger partial charge in [0.05, 0.1) is 11.4 Å². The van der Waals surface area contributed by atoms with Gasteiger partial charge in [0, 0.05) is 11.4 Å². The van der Waals surface area contributed by atoms with Crippen molar-refractivity contribution >= 4 is 27.3 Å². The predicted molar refractivity (Wildman–Crippen MR) is 62.5 cm³/mol. The van der Waals surface area contributed by atoms with Gasteiger partial charge in [-0.2, -0.15) is 0 Å². The summed E-state index contributed by atoms with van der Waals surface area (Å²) in [6.07, 6.45) is 5.23. The molecule has 0 amide bonds. The maximum Gasteiger partial charge on any atom is 0.233 e. The van der Waals surface area contributed by atoms with Crippen molar-refractivity contribution in [1.29, 1.82) is 0 Å². The Morgan fingerprint density at radius 1 is 1.40 bits per heavy atom. The van der Waals surface area contributed by atoms with Crippen molar-refractivity contribution in [3.05, 3.63) is 29.8 Å². The fraction of sp³-hybridized carbons (Fsp3) is 0.200. The van der Waals surface area contributed by atoms with Gasteiger partial charge < -0.3 is 0 Å². The van der Waals surface area contributed by atoms with Crippen molar-refractivity contribution in [3.63, 3.8) is 0 Å². The maximum atomic E-state index is 11.4. The Balaban J connectivity index is 2.96. The number of sulfonamides is 1. The summed E-state index contributed by atoms with van der Waals surface area (Å²) in [7, 11) is -3.39. The first-order valence-electron chi connectivity index (χ1n) is 4.21. The zero-order valence-corrected chi connectivity index (χ0v) is 9.48. The molecule has 0 heterocycles. The summed E-state index contributed by atoms with van der Waals surface area (Å²) >= 11 is 5.37. The van der Waals surface area contributed by atoms with Gasteiger partial charge in [0.15, 0.2) is 0 Å². The third-order valence-corrected chi connectivity index (χ3v) is 3.38. The van der Waals surface area contributed by atoms with Gasteiger partial charge in [-0.25, -0.2) is 8.42 Å². The quantitative estimate of drug-likeness (QED) is 0.646. The predicted octanol–water partition coefficient (Wildman–Crippen LogP) is 1.65. The highest BCUT2D eigenvalue weighted by Crippen LogP contribution is 2.15. The molecule has 5 heteroatoms. The molecular formula is C10H10ClNO2S. The van der Waals surface area contributed by atoms with Crippen LogP contribution in [0, 0.1) is 12.3 Å². The van der Waals surface area contributed by atoms with Gasteiger partial charge in [-0.15, -0.1) is 18.0 Å². The molecular weight excluding hydrogens is 234 g/mol. The van der Waals surface area contributed by atoms with Crippen LogP contribution in [-0.2, 0) is 10.0 Å². The SMILES string of the molecule is C#Cc1ccccc1NS(=O)(=O)CCCl. The van der Waals surface area contributed by atoms with E-state index >= 15 is 0 Å². The number of alkyl halides is 1. The first-order valence-corrected chi connectivity index (χ1v) is 6.40. The number of hydrogen-bond donors (Lipinski definition) is 1. The minimum absolute atomic E-state index is 0.0492. The van der Waals surface area contributed by atoms with E-state index in [1.807, 2.05) is 0 Å². The van der Waals surface area contributed by atoms with E-state index in [1.165, 1.54) is 0 Å². The van der Waals surface area contributed by atoms with Crippen LogP contribution in [0.25, 0.3) is 0 Å². The summed E-state index contributed by atoms with van der Waals surface area (Å²) < 4.78 is 25.2. The van der Waals surface area contributed by atoms with E-state index in [0.29, 0.717) is 11.3 Å². The lowest BCUT2D eigenvalue weighted by atomic mass is 10.2. The van der Waals surface area contributed by atoms with Crippen LogP contribution in [0.2, 0.25) is 0 Å². The number of anilines is 1. The number of benzene rings is 1. The van der Waals surface area contributed by atoms with Crippen molar-refractivity contribution in [2.24, 2.45) is 0 Å². The van der Waals surface area contributed by atoms with Crippen molar-refractivity contribution in [3.8, 4) is 12.3 Å². The monoisotopic (exact) mass is 243 g/mol. The van der Waals surface area contributed by atoms with Gasteiger partial charge in [-0.05, 0) is 12.1 Å². The highest BCUT2D eigenvalue weighted by atomic mass is 35.5. The highest BCUT2D eigenvalue weighted by molar-refractivity contribution is 7.92. The second-order valence-electron chi connectivity index (χ2n) is 2.80. The summed E-state index contributed by atoms with van der Waals surface area (Å²) in [5.41, 5.74) is 0.917. The largest absolute Gasteiger partial charge is 0.282 e. The van der Waals surface area contributed by atoms with Crippen molar-refractivity contribution in [1.82, 2.24) is 0 Å². The average molecular weight is 244 g/mol. The summed E-state index contributed by atoms with van der Waals surface area (Å²) in [5.74, 6) is 2.32. The molecule has 0 fully saturated rings. The van der Waals surface area contributed by atoms with E-state index in [2.05, 4.69) is 10.6 Å². The Kier molecular flexibility index (Phi) is 4.01. The molecule has 80 valence electrons. The molecule has 0 atom stereocenters. The zero-order valence-electron chi connectivity index (χ0n) is 7.90. The van der Waals surface area contributed by atoms with E-state index in [-0.39, 0.29) is 11.6 Å². The Morgan fingerprint density at radius 3 is 2.67 bits per heavy atom. The molecule has 1 aromatic carbocycles.